The number of carbonyl (C=O) groups is 1. The van der Waals surface area contributed by atoms with Crippen molar-refractivity contribution in [1.29, 1.82) is 0 Å². The van der Waals surface area contributed by atoms with Gasteiger partial charge in [-0.25, -0.2) is 0 Å². The molecular formula is C17H24ClNO. The Hall–Kier alpha value is -1.02. The summed E-state index contributed by atoms with van der Waals surface area (Å²) in [4.78, 5) is 14.4. The molecule has 0 heterocycles. The van der Waals surface area contributed by atoms with Gasteiger partial charge in [-0.1, -0.05) is 30.7 Å². The predicted molar refractivity (Wildman–Crippen MR) is 84.2 cm³/mol. The van der Waals surface area contributed by atoms with Gasteiger partial charge in [-0.05, 0) is 43.2 Å². The van der Waals surface area contributed by atoms with Gasteiger partial charge in [-0.15, -0.1) is 11.6 Å². The van der Waals surface area contributed by atoms with Crippen LogP contribution in [-0.4, -0.2) is 30.3 Å². The van der Waals surface area contributed by atoms with Crippen molar-refractivity contribution >= 4 is 17.5 Å². The van der Waals surface area contributed by atoms with Gasteiger partial charge in [0.25, 0.3) is 0 Å². The molecule has 1 aliphatic carbocycles. The first-order valence-electron chi connectivity index (χ1n) is 7.60. The van der Waals surface area contributed by atoms with Gasteiger partial charge in [0.1, 0.15) is 0 Å². The molecule has 0 N–H and O–H groups in total. The topological polar surface area (TPSA) is 20.3 Å². The van der Waals surface area contributed by atoms with Crippen LogP contribution in [0.3, 0.4) is 0 Å². The van der Waals surface area contributed by atoms with Crippen LogP contribution in [0.15, 0.2) is 24.3 Å². The highest BCUT2D eigenvalue weighted by Gasteiger charge is 2.26. The summed E-state index contributed by atoms with van der Waals surface area (Å²) in [6.45, 7) is 0.855. The quantitative estimate of drug-likeness (QED) is 0.579. The molecule has 1 aromatic carbocycles. The molecule has 0 radical (unpaired) electrons. The molecule has 1 amide bonds. The molecule has 0 saturated heterocycles. The van der Waals surface area contributed by atoms with Crippen LogP contribution in [-0.2, 0) is 17.6 Å². The van der Waals surface area contributed by atoms with E-state index in [1.165, 1.54) is 11.1 Å². The molecule has 0 aromatic heterocycles. The summed E-state index contributed by atoms with van der Waals surface area (Å²) < 4.78 is 0. The van der Waals surface area contributed by atoms with Gasteiger partial charge in [0.05, 0.1) is 0 Å². The SMILES string of the molecule is CN(CCCCCCl)C(=O)C1CCc2ccccc2C1. The van der Waals surface area contributed by atoms with Crippen molar-refractivity contribution in [3.05, 3.63) is 35.4 Å². The van der Waals surface area contributed by atoms with Gasteiger partial charge in [0.15, 0.2) is 0 Å². The van der Waals surface area contributed by atoms with Gasteiger partial charge < -0.3 is 4.90 Å². The Morgan fingerprint density at radius 3 is 2.75 bits per heavy atom. The summed E-state index contributed by atoms with van der Waals surface area (Å²) in [6.07, 6.45) is 6.13. The number of halogens is 1. The maximum atomic E-state index is 12.5. The van der Waals surface area contributed by atoms with E-state index in [4.69, 9.17) is 11.6 Å². The first-order chi connectivity index (χ1) is 9.72. The maximum Gasteiger partial charge on any atom is 0.225 e. The summed E-state index contributed by atoms with van der Waals surface area (Å²) in [5, 5.41) is 0. The van der Waals surface area contributed by atoms with E-state index >= 15 is 0 Å². The maximum absolute atomic E-state index is 12.5. The molecule has 3 heteroatoms. The van der Waals surface area contributed by atoms with Gasteiger partial charge in [0, 0.05) is 25.4 Å². The highest BCUT2D eigenvalue weighted by atomic mass is 35.5. The standard InChI is InChI=1S/C17H24ClNO/c1-19(12-6-2-5-11-18)17(20)16-10-9-14-7-3-4-8-15(14)13-16/h3-4,7-8,16H,2,5-6,9-13H2,1H3. The lowest BCUT2D eigenvalue weighted by atomic mass is 9.83. The van der Waals surface area contributed by atoms with Gasteiger partial charge in [0.2, 0.25) is 5.91 Å². The number of hydrogen-bond donors (Lipinski definition) is 0. The predicted octanol–water partition coefficient (Wildman–Crippen LogP) is 3.66. The summed E-state index contributed by atoms with van der Waals surface area (Å²) in [6, 6.07) is 8.51. The molecule has 1 unspecified atom stereocenters. The van der Waals surface area contributed by atoms with E-state index in [2.05, 4.69) is 24.3 Å². The number of alkyl halides is 1. The monoisotopic (exact) mass is 293 g/mol. The van der Waals surface area contributed by atoms with Crippen molar-refractivity contribution in [2.24, 2.45) is 5.92 Å². The summed E-state index contributed by atoms with van der Waals surface area (Å²) in [5.74, 6) is 1.20. The van der Waals surface area contributed by atoms with Crippen molar-refractivity contribution in [2.45, 2.75) is 38.5 Å². The van der Waals surface area contributed by atoms with Crippen molar-refractivity contribution < 1.29 is 4.79 Å². The van der Waals surface area contributed by atoms with E-state index < -0.39 is 0 Å². The van der Waals surface area contributed by atoms with Gasteiger partial charge >= 0.3 is 0 Å². The molecule has 1 aliphatic rings. The number of fused-ring (bicyclic) bond motifs is 1. The van der Waals surface area contributed by atoms with E-state index in [9.17, 15) is 4.79 Å². The zero-order chi connectivity index (χ0) is 14.4. The Balaban J connectivity index is 1.84. The molecule has 0 spiro atoms. The Bertz CT molecular complexity index is 446. The second kappa shape index (κ2) is 7.68. The van der Waals surface area contributed by atoms with Crippen LogP contribution >= 0.6 is 11.6 Å². The van der Waals surface area contributed by atoms with Crippen LogP contribution in [0.4, 0.5) is 0 Å². The smallest absolute Gasteiger partial charge is 0.225 e. The van der Waals surface area contributed by atoms with E-state index in [-0.39, 0.29) is 5.92 Å². The molecule has 0 saturated carbocycles. The third-order valence-corrected chi connectivity index (χ3v) is 4.47. The molecule has 110 valence electrons. The highest BCUT2D eigenvalue weighted by Crippen LogP contribution is 2.26. The number of carbonyl (C=O) groups excluding carboxylic acids is 1. The van der Waals surface area contributed by atoms with Crippen molar-refractivity contribution in [3.8, 4) is 0 Å². The third kappa shape index (κ3) is 3.99. The molecule has 20 heavy (non-hydrogen) atoms. The summed E-state index contributed by atoms with van der Waals surface area (Å²) in [5.41, 5.74) is 2.77. The minimum atomic E-state index is 0.169. The van der Waals surface area contributed by atoms with Crippen molar-refractivity contribution in [3.63, 3.8) is 0 Å². The summed E-state index contributed by atoms with van der Waals surface area (Å²) in [7, 11) is 1.93. The van der Waals surface area contributed by atoms with E-state index in [1.54, 1.807) is 0 Å². The van der Waals surface area contributed by atoms with Crippen LogP contribution in [0.1, 0.15) is 36.8 Å². The van der Waals surface area contributed by atoms with E-state index in [1.807, 2.05) is 11.9 Å². The molecule has 0 aliphatic heterocycles. The Kier molecular flexibility index (Phi) is 5.90. The number of aryl methyl sites for hydroxylation is 1. The van der Waals surface area contributed by atoms with Crippen LogP contribution in [0, 0.1) is 5.92 Å². The largest absolute Gasteiger partial charge is 0.346 e. The first kappa shape index (κ1) is 15.4. The normalized spacial score (nSPS) is 17.6. The number of rotatable bonds is 6. The van der Waals surface area contributed by atoms with Crippen LogP contribution in [0.5, 0.6) is 0 Å². The lowest BCUT2D eigenvalue weighted by Crippen LogP contribution is -2.36. The van der Waals surface area contributed by atoms with Gasteiger partial charge in [-0.2, -0.15) is 0 Å². The molecule has 2 rings (SSSR count). The number of amides is 1. The van der Waals surface area contributed by atoms with Crippen LogP contribution < -0.4 is 0 Å². The Labute approximate surface area is 127 Å². The molecule has 1 aromatic rings. The Morgan fingerprint density at radius 2 is 2.00 bits per heavy atom. The summed E-state index contributed by atoms with van der Waals surface area (Å²) >= 11 is 5.67. The van der Waals surface area contributed by atoms with E-state index in [0.717, 1.165) is 50.9 Å². The molecule has 0 bridgehead atoms. The minimum absolute atomic E-state index is 0.169. The average molecular weight is 294 g/mol. The van der Waals surface area contributed by atoms with Crippen LogP contribution in [0.2, 0.25) is 0 Å². The molecular weight excluding hydrogens is 270 g/mol. The molecule has 1 atom stereocenters. The fourth-order valence-electron chi connectivity index (χ4n) is 2.95. The Morgan fingerprint density at radius 1 is 1.25 bits per heavy atom. The van der Waals surface area contributed by atoms with Crippen LogP contribution in [0.25, 0.3) is 0 Å². The third-order valence-electron chi connectivity index (χ3n) is 4.20. The number of benzene rings is 1. The minimum Gasteiger partial charge on any atom is -0.346 e. The first-order valence-corrected chi connectivity index (χ1v) is 8.13. The molecule has 0 fully saturated rings. The number of hydrogen-bond acceptors (Lipinski definition) is 1. The van der Waals surface area contributed by atoms with Gasteiger partial charge in [-0.3, -0.25) is 4.79 Å². The fraction of sp³-hybridized carbons (Fsp3) is 0.588. The average Bonchev–Trinajstić information content (AvgIpc) is 2.50. The lowest BCUT2D eigenvalue weighted by molar-refractivity contribution is -0.134. The second-order valence-electron chi connectivity index (χ2n) is 5.72. The zero-order valence-corrected chi connectivity index (χ0v) is 13.0. The molecule has 2 nitrogen and oxygen atoms in total. The van der Waals surface area contributed by atoms with Crippen molar-refractivity contribution in [2.75, 3.05) is 19.5 Å². The van der Waals surface area contributed by atoms with E-state index in [0.29, 0.717) is 5.91 Å². The number of unbranched alkanes of at least 4 members (excludes halogenated alkanes) is 2. The highest BCUT2D eigenvalue weighted by molar-refractivity contribution is 6.17. The van der Waals surface area contributed by atoms with Crippen molar-refractivity contribution in [1.82, 2.24) is 4.90 Å². The fourth-order valence-corrected chi connectivity index (χ4v) is 3.14. The zero-order valence-electron chi connectivity index (χ0n) is 12.3. The lowest BCUT2D eigenvalue weighted by Gasteiger charge is -2.28. The number of nitrogens with zero attached hydrogens (tertiary/aromatic N) is 1. The second-order valence-corrected chi connectivity index (χ2v) is 6.10.